The SMILES string of the molecule is CC1Cc2cc(C(=O)NCC(c3ccccc3)N3CCOCC3)ccc2N1S(C)(=O)=O. The molecule has 0 aliphatic carbocycles. The Labute approximate surface area is 184 Å². The fraction of sp³-hybridized carbons (Fsp3) is 0.435. The fourth-order valence-corrected chi connectivity index (χ4v) is 5.83. The number of fused-ring (bicyclic) bond motifs is 1. The van der Waals surface area contributed by atoms with E-state index in [2.05, 4.69) is 22.3 Å². The summed E-state index contributed by atoms with van der Waals surface area (Å²) in [6, 6.07) is 15.4. The van der Waals surface area contributed by atoms with Crippen molar-refractivity contribution in [1.82, 2.24) is 10.2 Å². The highest BCUT2D eigenvalue weighted by molar-refractivity contribution is 7.92. The maximum atomic E-state index is 12.9. The smallest absolute Gasteiger partial charge is 0.251 e. The van der Waals surface area contributed by atoms with Gasteiger partial charge in [0.15, 0.2) is 0 Å². The highest BCUT2D eigenvalue weighted by Crippen LogP contribution is 2.34. The lowest BCUT2D eigenvalue weighted by molar-refractivity contribution is 0.0162. The number of anilines is 1. The third kappa shape index (κ3) is 4.76. The number of hydrogen-bond donors (Lipinski definition) is 1. The predicted molar refractivity (Wildman–Crippen MR) is 121 cm³/mol. The molecular formula is C23H29N3O4S. The number of carbonyl (C=O) groups is 1. The monoisotopic (exact) mass is 443 g/mol. The lowest BCUT2D eigenvalue weighted by Crippen LogP contribution is -2.43. The number of morpholine rings is 1. The van der Waals surface area contributed by atoms with Gasteiger partial charge in [0.05, 0.1) is 31.2 Å². The molecule has 2 aliphatic heterocycles. The van der Waals surface area contributed by atoms with Crippen LogP contribution in [0.2, 0.25) is 0 Å². The van der Waals surface area contributed by atoms with E-state index in [4.69, 9.17) is 4.74 Å². The van der Waals surface area contributed by atoms with Crippen LogP contribution in [0.25, 0.3) is 0 Å². The standard InChI is InChI=1S/C23H29N3O4S/c1-17-14-20-15-19(8-9-21(20)26(17)31(2,28)29)23(27)24-16-22(18-6-4-3-5-7-18)25-10-12-30-13-11-25/h3-9,15,17,22H,10-14,16H2,1-2H3,(H,24,27). The van der Waals surface area contributed by atoms with E-state index in [1.165, 1.54) is 10.6 Å². The molecule has 8 heteroatoms. The Kier molecular flexibility index (Phi) is 6.31. The van der Waals surface area contributed by atoms with Crippen LogP contribution in [0.1, 0.15) is 34.5 Å². The number of amides is 1. The number of sulfonamides is 1. The van der Waals surface area contributed by atoms with Gasteiger partial charge in [-0.1, -0.05) is 30.3 Å². The summed E-state index contributed by atoms with van der Waals surface area (Å²) in [5.74, 6) is -0.151. The summed E-state index contributed by atoms with van der Waals surface area (Å²) in [4.78, 5) is 15.3. The Morgan fingerprint density at radius 3 is 2.55 bits per heavy atom. The Balaban J connectivity index is 1.49. The molecule has 0 spiro atoms. The molecule has 2 aromatic rings. The van der Waals surface area contributed by atoms with Crippen LogP contribution in [0.15, 0.2) is 48.5 Å². The fourth-order valence-electron chi connectivity index (χ4n) is 4.56. The number of carbonyl (C=O) groups excluding carboxylic acids is 1. The van der Waals surface area contributed by atoms with E-state index in [1.807, 2.05) is 31.2 Å². The van der Waals surface area contributed by atoms with Gasteiger partial charge in [0.1, 0.15) is 0 Å². The van der Waals surface area contributed by atoms with Gasteiger partial charge < -0.3 is 10.1 Å². The van der Waals surface area contributed by atoms with E-state index in [-0.39, 0.29) is 18.0 Å². The van der Waals surface area contributed by atoms with Crippen molar-refractivity contribution in [3.8, 4) is 0 Å². The van der Waals surface area contributed by atoms with Crippen LogP contribution in [0, 0.1) is 0 Å². The molecule has 1 N–H and O–H groups in total. The minimum Gasteiger partial charge on any atom is -0.379 e. The first-order valence-electron chi connectivity index (χ1n) is 10.6. The first-order chi connectivity index (χ1) is 14.8. The van der Waals surface area contributed by atoms with E-state index in [9.17, 15) is 13.2 Å². The number of hydrogen-bond acceptors (Lipinski definition) is 5. The molecule has 2 heterocycles. The van der Waals surface area contributed by atoms with Crippen molar-refractivity contribution in [1.29, 1.82) is 0 Å². The van der Waals surface area contributed by atoms with Crippen molar-refractivity contribution in [3.63, 3.8) is 0 Å². The Morgan fingerprint density at radius 2 is 1.87 bits per heavy atom. The second-order valence-electron chi connectivity index (χ2n) is 8.24. The van der Waals surface area contributed by atoms with Crippen molar-refractivity contribution in [2.24, 2.45) is 0 Å². The number of nitrogens with zero attached hydrogens (tertiary/aromatic N) is 2. The average molecular weight is 444 g/mol. The summed E-state index contributed by atoms with van der Waals surface area (Å²) in [7, 11) is -3.35. The number of rotatable bonds is 6. The predicted octanol–water partition coefficient (Wildman–Crippen LogP) is 2.20. The molecule has 2 unspecified atom stereocenters. The summed E-state index contributed by atoms with van der Waals surface area (Å²) < 4.78 is 31.2. The zero-order valence-electron chi connectivity index (χ0n) is 18.0. The number of nitrogens with one attached hydrogen (secondary N) is 1. The second-order valence-corrected chi connectivity index (χ2v) is 10.1. The third-order valence-electron chi connectivity index (χ3n) is 5.98. The number of benzene rings is 2. The molecule has 166 valence electrons. The molecule has 2 aliphatic rings. The molecule has 1 amide bonds. The lowest BCUT2D eigenvalue weighted by atomic mass is 10.0. The maximum absolute atomic E-state index is 12.9. The summed E-state index contributed by atoms with van der Waals surface area (Å²) in [5.41, 5.74) is 3.27. The molecular weight excluding hydrogens is 414 g/mol. The van der Waals surface area contributed by atoms with Crippen molar-refractivity contribution in [3.05, 3.63) is 65.2 Å². The molecule has 31 heavy (non-hydrogen) atoms. The Morgan fingerprint density at radius 1 is 1.16 bits per heavy atom. The van der Waals surface area contributed by atoms with Crippen molar-refractivity contribution in [2.75, 3.05) is 43.4 Å². The minimum absolute atomic E-state index is 0.0734. The topological polar surface area (TPSA) is 79.0 Å². The Bertz CT molecular complexity index is 1040. The summed E-state index contributed by atoms with van der Waals surface area (Å²) in [5, 5.41) is 3.09. The summed E-state index contributed by atoms with van der Waals surface area (Å²) in [6.45, 7) is 5.41. The van der Waals surface area contributed by atoms with E-state index in [0.717, 1.165) is 24.2 Å². The van der Waals surface area contributed by atoms with Crippen LogP contribution < -0.4 is 9.62 Å². The molecule has 1 saturated heterocycles. The van der Waals surface area contributed by atoms with Crippen LogP contribution >= 0.6 is 0 Å². The van der Waals surface area contributed by atoms with Crippen LogP contribution in [0.4, 0.5) is 5.69 Å². The molecule has 2 atom stereocenters. The van der Waals surface area contributed by atoms with Gasteiger partial charge in [-0.25, -0.2) is 8.42 Å². The largest absolute Gasteiger partial charge is 0.379 e. The molecule has 0 bridgehead atoms. The zero-order chi connectivity index (χ0) is 22.0. The van der Waals surface area contributed by atoms with E-state index in [1.54, 1.807) is 12.1 Å². The normalized spacial score (nSPS) is 20.3. The van der Waals surface area contributed by atoms with Gasteiger partial charge in [-0.3, -0.25) is 14.0 Å². The maximum Gasteiger partial charge on any atom is 0.251 e. The van der Waals surface area contributed by atoms with E-state index >= 15 is 0 Å². The molecule has 0 radical (unpaired) electrons. The van der Waals surface area contributed by atoms with Gasteiger partial charge >= 0.3 is 0 Å². The Hall–Kier alpha value is -2.42. The minimum atomic E-state index is -3.35. The van der Waals surface area contributed by atoms with Gasteiger partial charge in [0.25, 0.3) is 5.91 Å². The highest BCUT2D eigenvalue weighted by Gasteiger charge is 2.33. The van der Waals surface area contributed by atoms with Crippen LogP contribution in [-0.2, 0) is 21.2 Å². The van der Waals surface area contributed by atoms with Crippen LogP contribution in [0.5, 0.6) is 0 Å². The molecule has 1 fully saturated rings. The highest BCUT2D eigenvalue weighted by atomic mass is 32.2. The second kappa shape index (κ2) is 8.98. The van der Waals surface area contributed by atoms with Crippen molar-refractivity contribution >= 4 is 21.6 Å². The van der Waals surface area contributed by atoms with E-state index in [0.29, 0.717) is 37.4 Å². The third-order valence-corrected chi connectivity index (χ3v) is 7.25. The van der Waals surface area contributed by atoms with Gasteiger partial charge in [0.2, 0.25) is 10.0 Å². The van der Waals surface area contributed by atoms with Crippen molar-refractivity contribution < 1.29 is 17.9 Å². The van der Waals surface area contributed by atoms with Gasteiger partial charge in [-0.05, 0) is 42.7 Å². The summed E-state index contributed by atoms with van der Waals surface area (Å²) in [6.07, 6.45) is 1.82. The van der Waals surface area contributed by atoms with Crippen molar-refractivity contribution in [2.45, 2.75) is 25.4 Å². The average Bonchev–Trinajstić information content (AvgIpc) is 3.10. The van der Waals surface area contributed by atoms with Crippen LogP contribution in [-0.4, -0.2) is 64.4 Å². The molecule has 0 saturated carbocycles. The first-order valence-corrected chi connectivity index (χ1v) is 12.5. The quantitative estimate of drug-likeness (QED) is 0.741. The molecule has 4 rings (SSSR count). The molecule has 0 aromatic heterocycles. The van der Waals surface area contributed by atoms with Gasteiger partial charge in [0, 0.05) is 31.2 Å². The van der Waals surface area contributed by atoms with E-state index < -0.39 is 10.0 Å². The number of ether oxygens (including phenoxy) is 1. The van der Waals surface area contributed by atoms with Gasteiger partial charge in [-0.15, -0.1) is 0 Å². The van der Waals surface area contributed by atoms with Gasteiger partial charge in [-0.2, -0.15) is 0 Å². The van der Waals surface area contributed by atoms with Crippen LogP contribution in [0.3, 0.4) is 0 Å². The zero-order valence-corrected chi connectivity index (χ0v) is 18.8. The molecule has 7 nitrogen and oxygen atoms in total. The summed E-state index contributed by atoms with van der Waals surface area (Å²) >= 11 is 0. The molecule has 2 aromatic carbocycles. The lowest BCUT2D eigenvalue weighted by Gasteiger charge is -2.35. The first kappa shape index (κ1) is 21.8.